The quantitative estimate of drug-likeness (QED) is 0.234. The number of Topliss-reactive ketones (excluding diaryl/α,β-unsaturated/α-hetero) is 1. The molecule has 7 nitrogen and oxygen atoms in total. The summed E-state index contributed by atoms with van der Waals surface area (Å²) in [5, 5.41) is 11.8. The molecule has 0 saturated carbocycles. The van der Waals surface area contributed by atoms with Crippen molar-refractivity contribution in [3.63, 3.8) is 0 Å². The molecule has 1 aliphatic rings. The zero-order valence-electron chi connectivity index (χ0n) is 20.5. The van der Waals surface area contributed by atoms with E-state index < -0.39 is 23.3 Å². The fourth-order valence-electron chi connectivity index (χ4n) is 4.72. The fraction of sp³-hybridized carbons (Fsp3) is 0.138. The SMILES string of the molecule is Cc1ccc(C(O)=C2C(=O)C(=O)N(c3c(C)n(C)n(-c4ccccc4)c3=O)C2c2ccc(Cl)cc2)cc1. The highest BCUT2D eigenvalue weighted by atomic mass is 35.5. The van der Waals surface area contributed by atoms with Crippen LogP contribution in [-0.2, 0) is 16.6 Å². The van der Waals surface area contributed by atoms with E-state index in [2.05, 4.69) is 0 Å². The average Bonchev–Trinajstić information content (AvgIpc) is 3.28. The van der Waals surface area contributed by atoms with Crippen LogP contribution in [0.15, 0.2) is 89.2 Å². The van der Waals surface area contributed by atoms with Gasteiger partial charge in [0, 0.05) is 17.6 Å². The molecule has 1 atom stereocenters. The number of aromatic nitrogens is 2. The van der Waals surface area contributed by atoms with E-state index in [1.54, 1.807) is 67.2 Å². The molecule has 0 bridgehead atoms. The van der Waals surface area contributed by atoms with E-state index in [-0.39, 0.29) is 17.0 Å². The number of benzene rings is 3. The van der Waals surface area contributed by atoms with Crippen LogP contribution in [0.25, 0.3) is 11.4 Å². The minimum atomic E-state index is -1.03. The van der Waals surface area contributed by atoms with Gasteiger partial charge in [-0.05, 0) is 43.7 Å². The minimum absolute atomic E-state index is 0.0661. The van der Waals surface area contributed by atoms with E-state index in [4.69, 9.17) is 11.6 Å². The Hall–Kier alpha value is -4.36. The van der Waals surface area contributed by atoms with Crippen molar-refractivity contribution in [3.05, 3.63) is 122 Å². The second-order valence-corrected chi connectivity index (χ2v) is 9.43. The van der Waals surface area contributed by atoms with E-state index in [1.165, 1.54) is 9.58 Å². The first-order valence-corrected chi connectivity index (χ1v) is 12.1. The van der Waals surface area contributed by atoms with Crippen LogP contribution in [0, 0.1) is 13.8 Å². The van der Waals surface area contributed by atoms with Crippen molar-refractivity contribution in [2.45, 2.75) is 19.9 Å². The number of rotatable bonds is 4. The van der Waals surface area contributed by atoms with Crippen LogP contribution in [0.2, 0.25) is 5.02 Å². The lowest BCUT2D eigenvalue weighted by Crippen LogP contribution is -2.34. The Labute approximate surface area is 218 Å². The number of hydrogen-bond acceptors (Lipinski definition) is 4. The Balaban J connectivity index is 1.78. The van der Waals surface area contributed by atoms with Crippen LogP contribution in [0.5, 0.6) is 0 Å². The zero-order valence-corrected chi connectivity index (χ0v) is 21.2. The van der Waals surface area contributed by atoms with Crippen molar-refractivity contribution < 1.29 is 14.7 Å². The van der Waals surface area contributed by atoms with Gasteiger partial charge in [0.1, 0.15) is 11.4 Å². The van der Waals surface area contributed by atoms with Gasteiger partial charge in [-0.2, -0.15) is 0 Å². The van der Waals surface area contributed by atoms with Crippen molar-refractivity contribution in [3.8, 4) is 5.69 Å². The van der Waals surface area contributed by atoms with Gasteiger partial charge in [0.05, 0.1) is 23.0 Å². The van der Waals surface area contributed by atoms with Crippen molar-refractivity contribution in [2.75, 3.05) is 4.90 Å². The summed E-state index contributed by atoms with van der Waals surface area (Å²) in [5.41, 5.74) is 2.53. The van der Waals surface area contributed by atoms with Crippen molar-refractivity contribution in [1.29, 1.82) is 0 Å². The topological polar surface area (TPSA) is 84.5 Å². The summed E-state index contributed by atoms with van der Waals surface area (Å²) in [4.78, 5) is 42.0. The first kappa shape index (κ1) is 24.3. The molecule has 186 valence electrons. The molecule has 5 rings (SSSR count). The molecule has 0 radical (unpaired) electrons. The Morgan fingerprint density at radius 3 is 2.11 bits per heavy atom. The molecular formula is C29H24ClN3O4. The van der Waals surface area contributed by atoms with Gasteiger partial charge < -0.3 is 5.11 Å². The Morgan fingerprint density at radius 2 is 1.49 bits per heavy atom. The Morgan fingerprint density at radius 1 is 0.865 bits per heavy atom. The number of carbonyl (C=O) groups is 2. The Kier molecular flexibility index (Phi) is 6.09. The van der Waals surface area contributed by atoms with E-state index in [0.29, 0.717) is 27.5 Å². The number of nitrogens with zero attached hydrogens (tertiary/aromatic N) is 3. The maximum Gasteiger partial charge on any atom is 0.300 e. The maximum atomic E-state index is 13.8. The van der Waals surface area contributed by atoms with Gasteiger partial charge in [-0.25, -0.2) is 4.68 Å². The summed E-state index contributed by atoms with van der Waals surface area (Å²) in [6, 6.07) is 21.6. The molecule has 2 heterocycles. The molecule has 0 aliphatic carbocycles. The molecule has 1 amide bonds. The molecule has 1 saturated heterocycles. The lowest BCUT2D eigenvalue weighted by atomic mass is 9.95. The summed E-state index contributed by atoms with van der Waals surface area (Å²) in [6.45, 7) is 3.63. The van der Waals surface area contributed by atoms with Gasteiger partial charge in [0.2, 0.25) is 0 Å². The number of halogens is 1. The third-order valence-electron chi connectivity index (χ3n) is 6.72. The molecule has 0 spiro atoms. The molecule has 8 heteroatoms. The summed E-state index contributed by atoms with van der Waals surface area (Å²) in [7, 11) is 1.72. The molecule has 1 fully saturated rings. The van der Waals surface area contributed by atoms with Crippen LogP contribution in [-0.4, -0.2) is 26.2 Å². The molecule has 37 heavy (non-hydrogen) atoms. The lowest BCUT2D eigenvalue weighted by molar-refractivity contribution is -0.132. The number of aliphatic hydroxyl groups is 1. The molecule has 1 aromatic heterocycles. The second kappa shape index (κ2) is 9.26. The van der Waals surface area contributed by atoms with Crippen molar-refractivity contribution >= 4 is 34.7 Å². The van der Waals surface area contributed by atoms with Crippen LogP contribution in [0.4, 0.5) is 5.69 Å². The number of amides is 1. The van der Waals surface area contributed by atoms with Crippen molar-refractivity contribution in [1.82, 2.24) is 9.36 Å². The highest BCUT2D eigenvalue weighted by molar-refractivity contribution is 6.51. The zero-order chi connectivity index (χ0) is 26.4. The summed E-state index contributed by atoms with van der Waals surface area (Å²) in [5.74, 6) is -2.07. The molecule has 4 aromatic rings. The molecular weight excluding hydrogens is 490 g/mol. The van der Waals surface area contributed by atoms with E-state index in [9.17, 15) is 19.5 Å². The number of aryl methyl sites for hydroxylation is 1. The minimum Gasteiger partial charge on any atom is -0.507 e. The normalized spacial score (nSPS) is 17.0. The highest BCUT2D eigenvalue weighted by Gasteiger charge is 2.49. The number of anilines is 1. The smallest absolute Gasteiger partial charge is 0.300 e. The molecule has 1 N–H and O–H groups in total. The van der Waals surface area contributed by atoms with E-state index in [1.807, 2.05) is 37.3 Å². The largest absolute Gasteiger partial charge is 0.507 e. The third kappa shape index (κ3) is 3.97. The molecule has 1 aliphatic heterocycles. The third-order valence-corrected chi connectivity index (χ3v) is 6.97. The number of para-hydroxylation sites is 1. The molecule has 1 unspecified atom stereocenters. The Bertz CT molecular complexity index is 1610. The maximum absolute atomic E-state index is 13.8. The van der Waals surface area contributed by atoms with Crippen LogP contribution < -0.4 is 10.5 Å². The second-order valence-electron chi connectivity index (χ2n) is 9.00. The number of carbonyl (C=O) groups excluding carboxylic acids is 2. The standard InChI is InChI=1S/C29H24ClN3O4/c1-17-9-11-20(12-10-17)26(34)23-25(19-13-15-21(30)16-14-19)32(29(37)27(23)35)24-18(2)31(3)33(28(24)36)22-7-5-4-6-8-22/h4-16,25,34H,1-3H3. The number of aliphatic hydroxyl groups excluding tert-OH is 1. The highest BCUT2D eigenvalue weighted by Crippen LogP contribution is 2.42. The fourth-order valence-corrected chi connectivity index (χ4v) is 4.85. The van der Waals surface area contributed by atoms with Crippen LogP contribution in [0.1, 0.15) is 28.4 Å². The van der Waals surface area contributed by atoms with Gasteiger partial charge in [-0.3, -0.25) is 24.0 Å². The first-order chi connectivity index (χ1) is 17.7. The number of hydrogen-bond donors (Lipinski definition) is 1. The van der Waals surface area contributed by atoms with E-state index in [0.717, 1.165) is 5.56 Å². The average molecular weight is 514 g/mol. The van der Waals surface area contributed by atoms with Gasteiger partial charge >= 0.3 is 0 Å². The lowest BCUT2D eigenvalue weighted by Gasteiger charge is -2.24. The van der Waals surface area contributed by atoms with Gasteiger partial charge in [0.25, 0.3) is 17.2 Å². The first-order valence-electron chi connectivity index (χ1n) is 11.7. The molecule has 3 aromatic carbocycles. The summed E-state index contributed by atoms with van der Waals surface area (Å²) < 4.78 is 3.09. The van der Waals surface area contributed by atoms with Crippen LogP contribution >= 0.6 is 11.6 Å². The van der Waals surface area contributed by atoms with Crippen molar-refractivity contribution in [2.24, 2.45) is 7.05 Å². The predicted molar refractivity (Wildman–Crippen MR) is 143 cm³/mol. The predicted octanol–water partition coefficient (Wildman–Crippen LogP) is 5.07. The van der Waals surface area contributed by atoms with Gasteiger partial charge in [-0.15, -0.1) is 0 Å². The monoisotopic (exact) mass is 513 g/mol. The number of ketones is 1. The van der Waals surface area contributed by atoms with Gasteiger partial charge in [-0.1, -0.05) is 71.8 Å². The summed E-state index contributed by atoms with van der Waals surface area (Å²) in [6.07, 6.45) is 0. The van der Waals surface area contributed by atoms with E-state index >= 15 is 0 Å². The summed E-state index contributed by atoms with van der Waals surface area (Å²) >= 11 is 6.12. The van der Waals surface area contributed by atoms with Crippen LogP contribution in [0.3, 0.4) is 0 Å². The van der Waals surface area contributed by atoms with Gasteiger partial charge in [0.15, 0.2) is 0 Å².